The molecule has 4 nitrogen and oxygen atoms in total. The molecule has 1 unspecified atom stereocenters. The summed E-state index contributed by atoms with van der Waals surface area (Å²) in [4.78, 5) is 25.1. The van der Waals surface area contributed by atoms with Crippen LogP contribution >= 0.6 is 0 Å². The van der Waals surface area contributed by atoms with Gasteiger partial charge in [-0.1, -0.05) is 72.8 Å². The maximum atomic E-state index is 12.6. The second-order valence-corrected chi connectivity index (χ2v) is 7.58. The van der Waals surface area contributed by atoms with Crippen molar-refractivity contribution in [1.82, 2.24) is 5.32 Å². The van der Waals surface area contributed by atoms with Crippen LogP contribution in [0.1, 0.15) is 39.2 Å². The average Bonchev–Trinajstić information content (AvgIpc) is 2.85. The maximum Gasteiger partial charge on any atom is 0.255 e. The van der Waals surface area contributed by atoms with Gasteiger partial charge in [0.1, 0.15) is 0 Å². The molecular weight excluding hydrogens is 396 g/mol. The number of anilines is 1. The second-order valence-electron chi connectivity index (χ2n) is 7.58. The minimum absolute atomic E-state index is 0.0954. The zero-order chi connectivity index (χ0) is 22.3. The van der Waals surface area contributed by atoms with Crippen LogP contribution in [-0.4, -0.2) is 11.8 Å². The molecule has 158 valence electrons. The summed E-state index contributed by atoms with van der Waals surface area (Å²) in [7, 11) is 0. The Bertz CT molecular complexity index is 1190. The standard InChI is InChI=1S/C28H24N2O2/c1-20(21-8-4-2-5-9-21)29-27(31)25-16-18-26(19-17-25)30-28(32)24-14-12-23(13-15-24)22-10-6-3-7-11-22/h2-20H,1H3,(H,29,31)(H,30,32). The predicted molar refractivity (Wildman–Crippen MR) is 129 cm³/mol. The quantitative estimate of drug-likeness (QED) is 0.396. The zero-order valence-electron chi connectivity index (χ0n) is 17.8. The highest BCUT2D eigenvalue weighted by molar-refractivity contribution is 6.04. The molecule has 0 aliphatic rings. The first-order chi connectivity index (χ1) is 15.6. The summed E-state index contributed by atoms with van der Waals surface area (Å²) in [6, 6.07) is 34.1. The lowest BCUT2D eigenvalue weighted by Gasteiger charge is -2.14. The van der Waals surface area contributed by atoms with Crippen LogP contribution in [0.4, 0.5) is 5.69 Å². The molecule has 4 rings (SSSR count). The van der Waals surface area contributed by atoms with E-state index in [-0.39, 0.29) is 17.9 Å². The van der Waals surface area contributed by atoms with Gasteiger partial charge in [-0.3, -0.25) is 9.59 Å². The van der Waals surface area contributed by atoms with Gasteiger partial charge in [0, 0.05) is 16.8 Å². The Balaban J connectivity index is 1.37. The van der Waals surface area contributed by atoms with Crippen molar-refractivity contribution in [3.05, 3.63) is 126 Å². The van der Waals surface area contributed by atoms with Crippen LogP contribution in [0.15, 0.2) is 109 Å². The van der Waals surface area contributed by atoms with Gasteiger partial charge in [0.2, 0.25) is 0 Å². The number of nitrogens with one attached hydrogen (secondary N) is 2. The number of amides is 2. The third kappa shape index (κ3) is 5.10. The van der Waals surface area contributed by atoms with Crippen molar-refractivity contribution in [2.45, 2.75) is 13.0 Å². The van der Waals surface area contributed by atoms with E-state index in [1.54, 1.807) is 24.3 Å². The summed E-state index contributed by atoms with van der Waals surface area (Å²) in [5.41, 5.74) is 4.95. The predicted octanol–water partition coefficient (Wildman–Crippen LogP) is 6.10. The van der Waals surface area contributed by atoms with Crippen molar-refractivity contribution in [3.8, 4) is 11.1 Å². The van der Waals surface area contributed by atoms with E-state index in [4.69, 9.17) is 0 Å². The Morgan fingerprint density at radius 2 is 1.09 bits per heavy atom. The van der Waals surface area contributed by atoms with Crippen LogP contribution in [0.2, 0.25) is 0 Å². The molecule has 32 heavy (non-hydrogen) atoms. The normalized spacial score (nSPS) is 11.4. The Morgan fingerprint density at radius 3 is 1.72 bits per heavy atom. The molecular formula is C28H24N2O2. The van der Waals surface area contributed by atoms with Gasteiger partial charge in [-0.25, -0.2) is 0 Å². The lowest BCUT2D eigenvalue weighted by atomic mass is 10.0. The summed E-state index contributed by atoms with van der Waals surface area (Å²) in [6.07, 6.45) is 0. The summed E-state index contributed by atoms with van der Waals surface area (Å²) >= 11 is 0. The molecule has 2 N–H and O–H groups in total. The monoisotopic (exact) mass is 420 g/mol. The molecule has 0 aliphatic carbocycles. The maximum absolute atomic E-state index is 12.6. The molecule has 0 bridgehead atoms. The van der Waals surface area contributed by atoms with Crippen molar-refractivity contribution < 1.29 is 9.59 Å². The molecule has 4 aromatic carbocycles. The van der Waals surface area contributed by atoms with Crippen molar-refractivity contribution in [2.24, 2.45) is 0 Å². The minimum atomic E-state index is -0.195. The lowest BCUT2D eigenvalue weighted by molar-refractivity contribution is 0.0939. The molecule has 0 heterocycles. The van der Waals surface area contributed by atoms with E-state index in [0.717, 1.165) is 16.7 Å². The van der Waals surface area contributed by atoms with Gasteiger partial charge in [0.25, 0.3) is 11.8 Å². The van der Waals surface area contributed by atoms with Gasteiger partial charge in [0.05, 0.1) is 6.04 Å². The summed E-state index contributed by atoms with van der Waals surface area (Å²) in [6.45, 7) is 1.95. The van der Waals surface area contributed by atoms with Crippen LogP contribution in [0.25, 0.3) is 11.1 Å². The van der Waals surface area contributed by atoms with Crippen molar-refractivity contribution >= 4 is 17.5 Å². The number of rotatable bonds is 6. The van der Waals surface area contributed by atoms with Gasteiger partial charge in [-0.05, 0) is 60.0 Å². The molecule has 4 heteroatoms. The largest absolute Gasteiger partial charge is 0.346 e. The lowest BCUT2D eigenvalue weighted by Crippen LogP contribution is -2.26. The smallest absolute Gasteiger partial charge is 0.255 e. The third-order valence-corrected chi connectivity index (χ3v) is 5.31. The van der Waals surface area contributed by atoms with E-state index >= 15 is 0 Å². The van der Waals surface area contributed by atoms with Crippen molar-refractivity contribution in [2.75, 3.05) is 5.32 Å². The van der Waals surface area contributed by atoms with Crippen LogP contribution in [0.3, 0.4) is 0 Å². The van der Waals surface area contributed by atoms with E-state index in [9.17, 15) is 9.59 Å². The summed E-state index contributed by atoms with van der Waals surface area (Å²) in [5, 5.41) is 5.87. The van der Waals surface area contributed by atoms with Gasteiger partial charge in [-0.15, -0.1) is 0 Å². The molecule has 0 fully saturated rings. The first-order valence-electron chi connectivity index (χ1n) is 10.5. The van der Waals surface area contributed by atoms with Crippen LogP contribution in [0.5, 0.6) is 0 Å². The third-order valence-electron chi connectivity index (χ3n) is 5.31. The van der Waals surface area contributed by atoms with E-state index in [2.05, 4.69) is 10.6 Å². The number of hydrogen-bond acceptors (Lipinski definition) is 2. The molecule has 0 aliphatic heterocycles. The summed E-state index contributed by atoms with van der Waals surface area (Å²) < 4.78 is 0. The molecule has 0 saturated carbocycles. The van der Waals surface area contributed by atoms with E-state index < -0.39 is 0 Å². The fourth-order valence-corrected chi connectivity index (χ4v) is 3.46. The number of benzene rings is 4. The molecule has 0 radical (unpaired) electrons. The number of carbonyl (C=O) groups excluding carboxylic acids is 2. The van der Waals surface area contributed by atoms with Gasteiger partial charge >= 0.3 is 0 Å². The van der Waals surface area contributed by atoms with Crippen molar-refractivity contribution in [1.29, 1.82) is 0 Å². The summed E-state index contributed by atoms with van der Waals surface area (Å²) in [5.74, 6) is -0.352. The molecule has 4 aromatic rings. The Hall–Kier alpha value is -4.18. The fourth-order valence-electron chi connectivity index (χ4n) is 3.46. The van der Waals surface area contributed by atoms with Crippen LogP contribution in [-0.2, 0) is 0 Å². The topological polar surface area (TPSA) is 58.2 Å². The number of carbonyl (C=O) groups is 2. The Kier molecular flexibility index (Phi) is 6.42. The van der Waals surface area contributed by atoms with Gasteiger partial charge in [-0.2, -0.15) is 0 Å². The van der Waals surface area contributed by atoms with E-state index in [0.29, 0.717) is 16.8 Å². The zero-order valence-corrected chi connectivity index (χ0v) is 17.8. The molecule has 0 spiro atoms. The highest BCUT2D eigenvalue weighted by Crippen LogP contribution is 2.20. The first kappa shape index (κ1) is 21.1. The number of hydrogen-bond donors (Lipinski definition) is 2. The van der Waals surface area contributed by atoms with Crippen LogP contribution < -0.4 is 10.6 Å². The Morgan fingerprint density at radius 1 is 0.594 bits per heavy atom. The second kappa shape index (κ2) is 9.75. The fraction of sp³-hybridized carbons (Fsp3) is 0.0714. The molecule has 2 amide bonds. The van der Waals surface area contributed by atoms with Crippen molar-refractivity contribution in [3.63, 3.8) is 0 Å². The molecule has 0 aromatic heterocycles. The minimum Gasteiger partial charge on any atom is -0.346 e. The molecule has 0 saturated heterocycles. The van der Waals surface area contributed by atoms with Gasteiger partial charge < -0.3 is 10.6 Å². The first-order valence-corrected chi connectivity index (χ1v) is 10.5. The van der Waals surface area contributed by atoms with Gasteiger partial charge in [0.15, 0.2) is 0 Å². The average molecular weight is 421 g/mol. The van der Waals surface area contributed by atoms with E-state index in [1.807, 2.05) is 91.9 Å². The highest BCUT2D eigenvalue weighted by atomic mass is 16.2. The molecule has 1 atom stereocenters. The van der Waals surface area contributed by atoms with Crippen LogP contribution in [0, 0.1) is 0 Å². The highest BCUT2D eigenvalue weighted by Gasteiger charge is 2.12. The van der Waals surface area contributed by atoms with E-state index in [1.165, 1.54) is 0 Å². The SMILES string of the molecule is CC(NC(=O)c1ccc(NC(=O)c2ccc(-c3ccccc3)cc2)cc1)c1ccccc1. The Labute approximate surface area is 187 Å².